The van der Waals surface area contributed by atoms with E-state index in [9.17, 15) is 4.79 Å². The van der Waals surface area contributed by atoms with Gasteiger partial charge in [0.1, 0.15) is 11.8 Å². The average molecular weight is 288 g/mol. The molecule has 0 aromatic heterocycles. The topological polar surface area (TPSA) is 62.1 Å². The van der Waals surface area contributed by atoms with Crippen molar-refractivity contribution in [3.8, 4) is 11.8 Å². The number of carbonyl (C=O) groups is 1. The van der Waals surface area contributed by atoms with Crippen LogP contribution in [0.3, 0.4) is 0 Å². The normalized spacial score (nSPS) is 11.5. The van der Waals surface area contributed by atoms with Crippen LogP contribution >= 0.6 is 0 Å². The summed E-state index contributed by atoms with van der Waals surface area (Å²) in [5, 5.41) is 12.0. The Labute approximate surface area is 127 Å². The summed E-state index contributed by atoms with van der Waals surface area (Å²) in [6.45, 7) is 4.21. The molecule has 0 aliphatic rings. The van der Waals surface area contributed by atoms with E-state index in [1.54, 1.807) is 24.3 Å². The Bertz CT molecular complexity index is 480. The molecule has 21 heavy (non-hydrogen) atoms. The van der Waals surface area contributed by atoms with Crippen LogP contribution in [0.25, 0.3) is 0 Å². The van der Waals surface area contributed by atoms with Crippen LogP contribution in [0.2, 0.25) is 0 Å². The molecule has 0 radical (unpaired) electrons. The molecule has 0 aliphatic heterocycles. The van der Waals surface area contributed by atoms with Crippen LogP contribution in [0.1, 0.15) is 51.5 Å². The highest BCUT2D eigenvalue weighted by molar-refractivity contribution is 5.77. The minimum absolute atomic E-state index is 0.0506. The molecule has 0 aliphatic carbocycles. The molecule has 1 unspecified atom stereocenters. The Balaban J connectivity index is 2.47. The van der Waals surface area contributed by atoms with Crippen LogP contribution in [0.5, 0.6) is 5.75 Å². The third-order valence-electron chi connectivity index (χ3n) is 3.27. The fraction of sp³-hybridized carbons (Fsp3) is 0.529. The highest BCUT2D eigenvalue weighted by Gasteiger charge is 2.12. The van der Waals surface area contributed by atoms with Crippen LogP contribution in [0.15, 0.2) is 24.3 Å². The van der Waals surface area contributed by atoms with Crippen LogP contribution < -0.4 is 10.1 Å². The third-order valence-corrected chi connectivity index (χ3v) is 3.27. The van der Waals surface area contributed by atoms with E-state index in [2.05, 4.69) is 25.2 Å². The maximum atomic E-state index is 11.9. The summed E-state index contributed by atoms with van der Waals surface area (Å²) in [5.41, 5.74) is 0.446. The van der Waals surface area contributed by atoms with Crippen molar-refractivity contribution in [1.82, 2.24) is 5.32 Å². The molecular weight excluding hydrogens is 264 g/mol. The fourth-order valence-electron chi connectivity index (χ4n) is 2.19. The van der Waals surface area contributed by atoms with Crippen LogP contribution in [-0.2, 0) is 4.79 Å². The monoisotopic (exact) mass is 288 g/mol. The van der Waals surface area contributed by atoms with E-state index < -0.39 is 0 Å². The number of hydrogen-bond acceptors (Lipinski definition) is 3. The van der Waals surface area contributed by atoms with Crippen molar-refractivity contribution in [3.63, 3.8) is 0 Å². The standard InChI is InChI=1S/C17H24N2O2/c1-3-5-10-15(8-4-2)19-17(20)13-21-16-11-7-6-9-14(16)12-18/h6-7,9,11,15H,3-5,8,10,13H2,1-2H3,(H,19,20). The molecule has 0 heterocycles. The van der Waals surface area contributed by atoms with Gasteiger partial charge in [0, 0.05) is 6.04 Å². The highest BCUT2D eigenvalue weighted by atomic mass is 16.5. The van der Waals surface area contributed by atoms with Gasteiger partial charge in [-0.2, -0.15) is 5.26 Å². The zero-order chi connectivity index (χ0) is 15.5. The predicted molar refractivity (Wildman–Crippen MR) is 83.0 cm³/mol. The summed E-state index contributed by atoms with van der Waals surface area (Å²) in [7, 11) is 0. The van der Waals surface area contributed by atoms with E-state index in [0.29, 0.717) is 11.3 Å². The number of nitrogens with one attached hydrogen (secondary N) is 1. The quantitative estimate of drug-likeness (QED) is 0.757. The maximum Gasteiger partial charge on any atom is 0.258 e. The zero-order valence-electron chi connectivity index (χ0n) is 12.9. The number of benzene rings is 1. The van der Waals surface area contributed by atoms with Gasteiger partial charge < -0.3 is 10.1 Å². The van der Waals surface area contributed by atoms with E-state index in [4.69, 9.17) is 10.00 Å². The van der Waals surface area contributed by atoms with Crippen LogP contribution in [0, 0.1) is 11.3 Å². The van der Waals surface area contributed by atoms with Gasteiger partial charge in [0.2, 0.25) is 0 Å². The summed E-state index contributed by atoms with van der Waals surface area (Å²) < 4.78 is 5.44. The Hall–Kier alpha value is -2.02. The van der Waals surface area contributed by atoms with E-state index in [1.165, 1.54) is 0 Å². The van der Waals surface area contributed by atoms with Gasteiger partial charge in [-0.1, -0.05) is 45.2 Å². The van der Waals surface area contributed by atoms with E-state index in [0.717, 1.165) is 32.1 Å². The Morgan fingerprint density at radius 3 is 2.71 bits per heavy atom. The molecule has 4 heteroatoms. The largest absolute Gasteiger partial charge is 0.482 e. The number of amides is 1. The van der Waals surface area contributed by atoms with Gasteiger partial charge >= 0.3 is 0 Å². The van der Waals surface area contributed by atoms with Gasteiger partial charge in [-0.05, 0) is 25.0 Å². The number of unbranched alkanes of at least 4 members (excludes halogenated alkanes) is 1. The lowest BCUT2D eigenvalue weighted by Gasteiger charge is -2.18. The van der Waals surface area contributed by atoms with Crippen LogP contribution in [-0.4, -0.2) is 18.6 Å². The molecule has 1 rings (SSSR count). The first kappa shape index (κ1) is 17.0. The first-order valence-corrected chi connectivity index (χ1v) is 7.62. The summed E-state index contributed by atoms with van der Waals surface area (Å²) in [6.07, 6.45) is 5.28. The second-order valence-electron chi connectivity index (χ2n) is 5.09. The van der Waals surface area contributed by atoms with E-state index in [-0.39, 0.29) is 18.6 Å². The smallest absolute Gasteiger partial charge is 0.258 e. The average Bonchev–Trinajstić information content (AvgIpc) is 2.51. The fourth-order valence-corrected chi connectivity index (χ4v) is 2.19. The predicted octanol–water partition coefficient (Wildman–Crippen LogP) is 3.41. The lowest BCUT2D eigenvalue weighted by Crippen LogP contribution is -2.37. The van der Waals surface area contributed by atoms with E-state index in [1.807, 2.05) is 0 Å². The number of para-hydroxylation sites is 1. The SMILES string of the molecule is CCCCC(CCC)NC(=O)COc1ccccc1C#N. The summed E-state index contributed by atoms with van der Waals surface area (Å²) >= 11 is 0. The van der Waals surface area contributed by atoms with Gasteiger partial charge in [0.05, 0.1) is 5.56 Å². The number of ether oxygens (including phenoxy) is 1. The molecule has 1 N–H and O–H groups in total. The first-order valence-electron chi connectivity index (χ1n) is 7.62. The molecule has 1 atom stereocenters. The first-order chi connectivity index (χ1) is 10.2. The second kappa shape index (κ2) is 9.82. The van der Waals surface area contributed by atoms with Gasteiger partial charge in [-0.25, -0.2) is 0 Å². The molecule has 1 amide bonds. The lowest BCUT2D eigenvalue weighted by molar-refractivity contribution is -0.123. The molecule has 0 saturated heterocycles. The number of rotatable bonds is 9. The van der Waals surface area contributed by atoms with Gasteiger partial charge in [-0.3, -0.25) is 4.79 Å². The Morgan fingerprint density at radius 2 is 2.05 bits per heavy atom. The van der Waals surface area contributed by atoms with Gasteiger partial charge in [0.15, 0.2) is 6.61 Å². The lowest BCUT2D eigenvalue weighted by atomic mass is 10.1. The summed E-state index contributed by atoms with van der Waals surface area (Å²) in [4.78, 5) is 11.9. The number of nitrogens with zero attached hydrogens (tertiary/aromatic N) is 1. The molecule has 0 bridgehead atoms. The Kier molecular flexibility index (Phi) is 7.96. The van der Waals surface area contributed by atoms with Crippen molar-refractivity contribution in [3.05, 3.63) is 29.8 Å². The van der Waals surface area contributed by atoms with Crippen molar-refractivity contribution in [2.75, 3.05) is 6.61 Å². The van der Waals surface area contributed by atoms with Crippen molar-refractivity contribution >= 4 is 5.91 Å². The number of hydrogen-bond donors (Lipinski definition) is 1. The summed E-state index contributed by atoms with van der Waals surface area (Å²) in [5.74, 6) is 0.327. The van der Waals surface area contributed by atoms with Crippen molar-refractivity contribution < 1.29 is 9.53 Å². The third kappa shape index (κ3) is 6.31. The maximum absolute atomic E-state index is 11.9. The zero-order valence-corrected chi connectivity index (χ0v) is 12.9. The van der Waals surface area contributed by atoms with Crippen LogP contribution in [0.4, 0.5) is 0 Å². The molecule has 0 saturated carbocycles. The Morgan fingerprint density at radius 1 is 1.29 bits per heavy atom. The van der Waals surface area contributed by atoms with E-state index >= 15 is 0 Å². The van der Waals surface area contributed by atoms with Crippen molar-refractivity contribution in [2.24, 2.45) is 0 Å². The van der Waals surface area contributed by atoms with Gasteiger partial charge in [-0.15, -0.1) is 0 Å². The minimum atomic E-state index is -0.128. The molecule has 0 spiro atoms. The molecule has 4 nitrogen and oxygen atoms in total. The van der Waals surface area contributed by atoms with Gasteiger partial charge in [0.25, 0.3) is 5.91 Å². The highest BCUT2D eigenvalue weighted by Crippen LogP contribution is 2.16. The molecule has 0 fully saturated rings. The molecule has 1 aromatic rings. The number of carbonyl (C=O) groups excluding carboxylic acids is 1. The summed E-state index contributed by atoms with van der Waals surface area (Å²) in [6, 6.07) is 9.21. The number of nitriles is 1. The van der Waals surface area contributed by atoms with Crippen molar-refractivity contribution in [2.45, 2.75) is 52.0 Å². The second-order valence-corrected chi connectivity index (χ2v) is 5.09. The molecular formula is C17H24N2O2. The minimum Gasteiger partial charge on any atom is -0.482 e. The van der Waals surface area contributed by atoms with Crippen molar-refractivity contribution in [1.29, 1.82) is 5.26 Å². The molecule has 1 aromatic carbocycles. The molecule has 114 valence electrons.